The zero-order valence-corrected chi connectivity index (χ0v) is 12.2. The van der Waals surface area contributed by atoms with E-state index < -0.39 is 11.7 Å². The maximum Gasteiger partial charge on any atom is 0.416 e. The van der Waals surface area contributed by atoms with E-state index in [0.717, 1.165) is 32.1 Å². The van der Waals surface area contributed by atoms with Crippen LogP contribution < -0.4 is 10.2 Å². The van der Waals surface area contributed by atoms with E-state index in [1.807, 2.05) is 4.90 Å². The van der Waals surface area contributed by atoms with Crippen molar-refractivity contribution in [3.05, 3.63) is 28.2 Å². The molecule has 1 aliphatic heterocycles. The SMILES string of the molecule is CCC1CN(c2cc(C(F)(F)F)ccc2Br)CCN1. The quantitative estimate of drug-likeness (QED) is 0.886. The predicted octanol–water partition coefficient (Wildman–Crippen LogP) is 3.66. The topological polar surface area (TPSA) is 15.3 Å². The van der Waals surface area contributed by atoms with E-state index in [1.54, 1.807) is 0 Å². The average Bonchev–Trinajstić information content (AvgIpc) is 2.38. The first kappa shape index (κ1) is 14.7. The van der Waals surface area contributed by atoms with Gasteiger partial charge in [-0.05, 0) is 40.5 Å². The summed E-state index contributed by atoms with van der Waals surface area (Å²) in [4.78, 5) is 2.00. The molecule has 1 aromatic rings. The molecule has 1 atom stereocenters. The Bertz CT molecular complexity index is 448. The molecule has 1 saturated heterocycles. The summed E-state index contributed by atoms with van der Waals surface area (Å²) in [5.74, 6) is 0. The summed E-state index contributed by atoms with van der Waals surface area (Å²) >= 11 is 3.35. The van der Waals surface area contributed by atoms with E-state index in [0.29, 0.717) is 16.2 Å². The summed E-state index contributed by atoms with van der Waals surface area (Å²) in [7, 11) is 0. The second-order valence-electron chi connectivity index (χ2n) is 4.67. The molecule has 0 bridgehead atoms. The monoisotopic (exact) mass is 336 g/mol. The summed E-state index contributed by atoms with van der Waals surface area (Å²) in [5, 5.41) is 3.35. The van der Waals surface area contributed by atoms with Crippen LogP contribution in [0.2, 0.25) is 0 Å². The molecule has 1 unspecified atom stereocenters. The lowest BCUT2D eigenvalue weighted by Crippen LogP contribution is -2.50. The zero-order chi connectivity index (χ0) is 14.0. The Morgan fingerprint density at radius 2 is 2.16 bits per heavy atom. The van der Waals surface area contributed by atoms with Crippen LogP contribution in [0.1, 0.15) is 18.9 Å². The van der Waals surface area contributed by atoms with Crippen LogP contribution >= 0.6 is 15.9 Å². The molecule has 0 aromatic heterocycles. The Kier molecular flexibility index (Phi) is 4.40. The largest absolute Gasteiger partial charge is 0.416 e. The average molecular weight is 337 g/mol. The molecule has 2 nitrogen and oxygen atoms in total. The Morgan fingerprint density at radius 1 is 1.42 bits per heavy atom. The lowest BCUT2D eigenvalue weighted by Gasteiger charge is -2.35. The molecule has 1 aromatic carbocycles. The first-order valence-electron chi connectivity index (χ1n) is 6.27. The molecular weight excluding hydrogens is 321 g/mol. The van der Waals surface area contributed by atoms with Crippen molar-refractivity contribution in [3.63, 3.8) is 0 Å². The molecular formula is C13H16BrF3N2. The molecule has 1 N–H and O–H groups in total. The minimum absolute atomic E-state index is 0.329. The smallest absolute Gasteiger partial charge is 0.368 e. The van der Waals surface area contributed by atoms with Gasteiger partial charge < -0.3 is 10.2 Å². The highest BCUT2D eigenvalue weighted by Crippen LogP contribution is 2.35. The fraction of sp³-hybridized carbons (Fsp3) is 0.538. The maximum absolute atomic E-state index is 12.8. The number of hydrogen-bond acceptors (Lipinski definition) is 2. The van der Waals surface area contributed by atoms with Gasteiger partial charge in [-0.1, -0.05) is 6.92 Å². The molecule has 0 saturated carbocycles. The Morgan fingerprint density at radius 3 is 2.79 bits per heavy atom. The highest BCUT2D eigenvalue weighted by Gasteiger charge is 2.32. The van der Waals surface area contributed by atoms with Crippen LogP contribution in [-0.4, -0.2) is 25.7 Å². The molecule has 19 heavy (non-hydrogen) atoms. The number of nitrogens with one attached hydrogen (secondary N) is 1. The van der Waals surface area contributed by atoms with Gasteiger partial charge in [0.15, 0.2) is 0 Å². The minimum atomic E-state index is -4.30. The molecule has 0 amide bonds. The van der Waals surface area contributed by atoms with E-state index in [2.05, 4.69) is 28.2 Å². The number of nitrogens with zero attached hydrogens (tertiary/aromatic N) is 1. The number of hydrogen-bond donors (Lipinski definition) is 1. The molecule has 0 aliphatic carbocycles. The summed E-state index contributed by atoms with van der Waals surface area (Å²) in [5.41, 5.74) is 0.0204. The maximum atomic E-state index is 12.8. The minimum Gasteiger partial charge on any atom is -0.368 e. The second-order valence-corrected chi connectivity index (χ2v) is 5.52. The summed E-state index contributed by atoms with van der Waals surface area (Å²) in [6.07, 6.45) is -3.33. The van der Waals surface area contributed by atoms with Gasteiger partial charge in [0.05, 0.1) is 11.3 Å². The number of anilines is 1. The van der Waals surface area contributed by atoms with Crippen LogP contribution in [0, 0.1) is 0 Å². The molecule has 2 rings (SSSR count). The summed E-state index contributed by atoms with van der Waals surface area (Å²) in [6.45, 7) is 4.32. The second kappa shape index (κ2) is 5.71. The number of halogens is 4. The molecule has 1 heterocycles. The fourth-order valence-corrected chi connectivity index (χ4v) is 2.75. The highest BCUT2D eigenvalue weighted by atomic mass is 79.9. The molecule has 6 heteroatoms. The number of benzene rings is 1. The van der Waals surface area contributed by atoms with Gasteiger partial charge in [0.2, 0.25) is 0 Å². The molecule has 0 radical (unpaired) electrons. The van der Waals surface area contributed by atoms with E-state index >= 15 is 0 Å². The van der Waals surface area contributed by atoms with Crippen molar-refractivity contribution in [1.82, 2.24) is 5.32 Å². The van der Waals surface area contributed by atoms with Gasteiger partial charge in [-0.2, -0.15) is 13.2 Å². The first-order chi connectivity index (χ1) is 8.91. The van der Waals surface area contributed by atoms with Crippen LogP contribution in [-0.2, 0) is 6.18 Å². The number of alkyl halides is 3. The van der Waals surface area contributed by atoms with Gasteiger partial charge in [0.1, 0.15) is 0 Å². The third kappa shape index (κ3) is 3.42. The fourth-order valence-electron chi connectivity index (χ4n) is 2.25. The molecule has 1 fully saturated rings. The van der Waals surface area contributed by atoms with E-state index in [1.165, 1.54) is 12.1 Å². The predicted molar refractivity (Wildman–Crippen MR) is 73.4 cm³/mol. The lowest BCUT2D eigenvalue weighted by atomic mass is 10.1. The van der Waals surface area contributed by atoms with Crippen LogP contribution in [0.25, 0.3) is 0 Å². The van der Waals surface area contributed by atoms with Crippen molar-refractivity contribution in [3.8, 4) is 0 Å². The number of piperazine rings is 1. The normalized spacial score (nSPS) is 20.7. The van der Waals surface area contributed by atoms with Crippen molar-refractivity contribution in [2.24, 2.45) is 0 Å². The van der Waals surface area contributed by atoms with Gasteiger partial charge in [0.25, 0.3) is 0 Å². The van der Waals surface area contributed by atoms with Crippen molar-refractivity contribution in [2.45, 2.75) is 25.6 Å². The summed E-state index contributed by atoms with van der Waals surface area (Å²) < 4.78 is 39.0. The van der Waals surface area contributed by atoms with Crippen molar-refractivity contribution < 1.29 is 13.2 Å². The van der Waals surface area contributed by atoms with Crippen molar-refractivity contribution in [2.75, 3.05) is 24.5 Å². The Balaban J connectivity index is 2.28. The zero-order valence-electron chi connectivity index (χ0n) is 10.6. The lowest BCUT2D eigenvalue weighted by molar-refractivity contribution is -0.137. The first-order valence-corrected chi connectivity index (χ1v) is 7.06. The summed E-state index contributed by atoms with van der Waals surface area (Å²) in [6, 6.07) is 4.13. The van der Waals surface area contributed by atoms with E-state index in [-0.39, 0.29) is 0 Å². The third-order valence-electron chi connectivity index (χ3n) is 3.36. The van der Waals surface area contributed by atoms with Gasteiger partial charge in [-0.3, -0.25) is 0 Å². The third-order valence-corrected chi connectivity index (χ3v) is 4.03. The van der Waals surface area contributed by atoms with E-state index in [9.17, 15) is 13.2 Å². The van der Waals surface area contributed by atoms with Gasteiger partial charge in [-0.15, -0.1) is 0 Å². The van der Waals surface area contributed by atoms with Crippen LogP contribution in [0.15, 0.2) is 22.7 Å². The number of rotatable bonds is 2. The van der Waals surface area contributed by atoms with Crippen molar-refractivity contribution >= 4 is 21.6 Å². The van der Waals surface area contributed by atoms with Crippen LogP contribution in [0.4, 0.5) is 18.9 Å². The van der Waals surface area contributed by atoms with Crippen LogP contribution in [0.5, 0.6) is 0 Å². The van der Waals surface area contributed by atoms with Gasteiger partial charge >= 0.3 is 6.18 Å². The van der Waals surface area contributed by atoms with E-state index in [4.69, 9.17) is 0 Å². The Labute approximate surface area is 119 Å². The standard InChI is InChI=1S/C13H16BrF3N2/c1-2-10-8-19(6-5-18-10)12-7-9(13(15,16)17)3-4-11(12)14/h3-4,7,10,18H,2,5-6,8H2,1H3. The van der Waals surface area contributed by atoms with Gasteiger partial charge in [0, 0.05) is 30.1 Å². The van der Waals surface area contributed by atoms with Gasteiger partial charge in [-0.25, -0.2) is 0 Å². The van der Waals surface area contributed by atoms with Crippen LogP contribution in [0.3, 0.4) is 0 Å². The molecule has 106 valence electrons. The molecule has 0 spiro atoms. The highest BCUT2D eigenvalue weighted by molar-refractivity contribution is 9.10. The Hall–Kier alpha value is -0.750. The van der Waals surface area contributed by atoms with Crippen molar-refractivity contribution in [1.29, 1.82) is 0 Å². The molecule has 1 aliphatic rings.